The van der Waals surface area contributed by atoms with E-state index in [1.165, 1.54) is 0 Å². The zero-order chi connectivity index (χ0) is 22.1. The van der Waals surface area contributed by atoms with E-state index in [4.69, 9.17) is 16.3 Å². The molecule has 160 valence electrons. The second-order valence-corrected chi connectivity index (χ2v) is 9.25. The van der Waals surface area contributed by atoms with Crippen LogP contribution in [0.25, 0.3) is 0 Å². The quantitative estimate of drug-likeness (QED) is 0.237. The Hall–Kier alpha value is -2.56. The minimum absolute atomic E-state index is 0.516. The summed E-state index contributed by atoms with van der Waals surface area (Å²) in [5, 5.41) is 0.695. The van der Waals surface area contributed by atoms with Crippen LogP contribution in [0.2, 0.25) is 5.02 Å². The number of aldehydes is 2. The Bertz CT molecular complexity index is 1010. The minimum atomic E-state index is -0.907. The summed E-state index contributed by atoms with van der Waals surface area (Å²) in [5.74, 6) is 0.824. The molecule has 0 unspecified atom stereocenters. The first-order valence-electron chi connectivity index (χ1n) is 10.2. The van der Waals surface area contributed by atoms with Crippen molar-refractivity contribution in [3.63, 3.8) is 0 Å². The minimum Gasteiger partial charge on any atom is -0.489 e. The molecule has 0 spiro atoms. The number of carbonyl (C=O) groups excluding carboxylic acids is 2. The molecule has 0 N–H and O–H groups in total. The Labute approximate surface area is 192 Å². The van der Waals surface area contributed by atoms with Crippen LogP contribution in [0.4, 0.5) is 0 Å². The van der Waals surface area contributed by atoms with E-state index in [1.807, 2.05) is 72.8 Å². The van der Waals surface area contributed by atoms with Gasteiger partial charge in [0, 0.05) is 14.8 Å². The van der Waals surface area contributed by atoms with Crippen molar-refractivity contribution in [1.82, 2.24) is 0 Å². The smallest absolute Gasteiger partial charge is 0.132 e. The Morgan fingerprint density at radius 2 is 1.68 bits per heavy atom. The standard InChI is InChI=1S/C26H25ClO3S/c1-26(18-28,19-29)14-6-9-21-12-13-24(16-25(21)27)31-23-11-5-10-22(15-23)30-17-20-7-3-2-4-8-20/h2-5,7-8,10-13,15-16,18-19H,6,9,14,17H2,1H3. The number of carbonyl (C=O) groups is 2. The van der Waals surface area contributed by atoms with Crippen molar-refractivity contribution in [3.05, 3.63) is 88.9 Å². The maximum absolute atomic E-state index is 11.1. The summed E-state index contributed by atoms with van der Waals surface area (Å²) >= 11 is 8.11. The molecule has 0 amide bonds. The Kier molecular flexibility index (Phi) is 8.33. The Morgan fingerprint density at radius 3 is 2.39 bits per heavy atom. The van der Waals surface area contributed by atoms with Gasteiger partial charge in [-0.25, -0.2) is 0 Å². The number of hydrogen-bond acceptors (Lipinski definition) is 4. The van der Waals surface area contributed by atoms with Crippen molar-refractivity contribution in [2.45, 2.75) is 42.6 Å². The molecule has 0 saturated heterocycles. The van der Waals surface area contributed by atoms with E-state index in [0.717, 1.165) is 52.1 Å². The molecule has 3 rings (SSSR count). The van der Waals surface area contributed by atoms with E-state index in [0.29, 0.717) is 18.1 Å². The Balaban J connectivity index is 1.58. The van der Waals surface area contributed by atoms with Gasteiger partial charge in [-0.15, -0.1) is 0 Å². The van der Waals surface area contributed by atoms with Crippen molar-refractivity contribution >= 4 is 35.9 Å². The van der Waals surface area contributed by atoms with Gasteiger partial charge in [-0.1, -0.05) is 65.8 Å². The molecule has 0 saturated carbocycles. The summed E-state index contributed by atoms with van der Waals surface area (Å²) in [6.45, 7) is 2.19. The summed E-state index contributed by atoms with van der Waals surface area (Å²) in [6, 6.07) is 24.1. The molecule has 0 aliphatic carbocycles. The van der Waals surface area contributed by atoms with Gasteiger partial charge in [0.1, 0.15) is 24.9 Å². The molecular weight excluding hydrogens is 428 g/mol. The van der Waals surface area contributed by atoms with Crippen LogP contribution < -0.4 is 4.74 Å². The molecule has 0 atom stereocenters. The average molecular weight is 453 g/mol. The third-order valence-corrected chi connectivity index (χ3v) is 6.35. The molecule has 0 fully saturated rings. The highest BCUT2D eigenvalue weighted by Gasteiger charge is 2.22. The number of ether oxygens (including phenoxy) is 1. The fourth-order valence-electron chi connectivity index (χ4n) is 3.10. The fourth-order valence-corrected chi connectivity index (χ4v) is 4.35. The second kappa shape index (κ2) is 11.2. The zero-order valence-electron chi connectivity index (χ0n) is 17.4. The first-order chi connectivity index (χ1) is 15.0. The summed E-state index contributed by atoms with van der Waals surface area (Å²) in [6.07, 6.45) is 3.41. The maximum Gasteiger partial charge on any atom is 0.132 e. The van der Waals surface area contributed by atoms with Crippen LogP contribution in [0.3, 0.4) is 0 Å². The molecule has 3 aromatic carbocycles. The van der Waals surface area contributed by atoms with Crippen molar-refractivity contribution < 1.29 is 14.3 Å². The monoisotopic (exact) mass is 452 g/mol. The maximum atomic E-state index is 11.1. The number of hydrogen-bond donors (Lipinski definition) is 0. The van der Waals surface area contributed by atoms with Crippen LogP contribution in [0.5, 0.6) is 5.75 Å². The fraction of sp³-hybridized carbons (Fsp3) is 0.231. The Morgan fingerprint density at radius 1 is 0.935 bits per heavy atom. The topological polar surface area (TPSA) is 43.4 Å². The molecule has 31 heavy (non-hydrogen) atoms. The molecular formula is C26H25ClO3S. The predicted octanol–water partition coefficient (Wildman–Crippen LogP) is 6.80. The van der Waals surface area contributed by atoms with Crippen molar-refractivity contribution in [2.75, 3.05) is 0 Å². The first kappa shape index (κ1) is 23.1. The van der Waals surface area contributed by atoms with Crippen LogP contribution in [0.15, 0.2) is 82.6 Å². The van der Waals surface area contributed by atoms with Crippen LogP contribution in [0, 0.1) is 5.41 Å². The molecule has 0 aliphatic heterocycles. The summed E-state index contributed by atoms with van der Waals surface area (Å²) in [7, 11) is 0. The van der Waals surface area contributed by atoms with Gasteiger partial charge >= 0.3 is 0 Å². The zero-order valence-corrected chi connectivity index (χ0v) is 19.0. The third-order valence-electron chi connectivity index (χ3n) is 5.01. The highest BCUT2D eigenvalue weighted by molar-refractivity contribution is 7.99. The lowest BCUT2D eigenvalue weighted by Gasteiger charge is -2.15. The number of aryl methyl sites for hydroxylation is 1. The van der Waals surface area contributed by atoms with Gasteiger partial charge in [0.05, 0.1) is 5.41 Å². The summed E-state index contributed by atoms with van der Waals surface area (Å²) in [5.41, 5.74) is 1.24. The average Bonchev–Trinajstić information content (AvgIpc) is 2.80. The van der Waals surface area contributed by atoms with Crippen molar-refractivity contribution in [1.29, 1.82) is 0 Å². The van der Waals surface area contributed by atoms with Gasteiger partial charge in [-0.05, 0) is 67.6 Å². The predicted molar refractivity (Wildman–Crippen MR) is 126 cm³/mol. The van der Waals surface area contributed by atoms with E-state index >= 15 is 0 Å². The van der Waals surface area contributed by atoms with Crippen LogP contribution in [-0.4, -0.2) is 12.6 Å². The number of halogens is 1. The summed E-state index contributed by atoms with van der Waals surface area (Å²) < 4.78 is 5.91. The van der Waals surface area contributed by atoms with Gasteiger partial charge in [-0.2, -0.15) is 0 Å². The molecule has 3 nitrogen and oxygen atoms in total. The SMILES string of the molecule is CC(C=O)(C=O)CCCc1ccc(Sc2cccc(OCc3ccccc3)c2)cc1Cl. The lowest BCUT2D eigenvalue weighted by Crippen LogP contribution is -2.19. The summed E-state index contributed by atoms with van der Waals surface area (Å²) in [4.78, 5) is 24.2. The van der Waals surface area contributed by atoms with Crippen molar-refractivity contribution in [3.8, 4) is 5.75 Å². The largest absolute Gasteiger partial charge is 0.489 e. The van der Waals surface area contributed by atoms with E-state index < -0.39 is 5.41 Å². The highest BCUT2D eigenvalue weighted by atomic mass is 35.5. The molecule has 3 aromatic rings. The van der Waals surface area contributed by atoms with E-state index in [1.54, 1.807) is 18.7 Å². The molecule has 0 heterocycles. The van der Waals surface area contributed by atoms with E-state index in [9.17, 15) is 9.59 Å². The lowest BCUT2D eigenvalue weighted by molar-refractivity contribution is -0.125. The van der Waals surface area contributed by atoms with Gasteiger partial charge < -0.3 is 14.3 Å². The van der Waals surface area contributed by atoms with Crippen molar-refractivity contribution in [2.24, 2.45) is 5.41 Å². The van der Waals surface area contributed by atoms with Gasteiger partial charge in [0.2, 0.25) is 0 Å². The van der Waals surface area contributed by atoms with Gasteiger partial charge in [0.25, 0.3) is 0 Å². The van der Waals surface area contributed by atoms with E-state index in [2.05, 4.69) is 0 Å². The van der Waals surface area contributed by atoms with Crippen LogP contribution >= 0.6 is 23.4 Å². The second-order valence-electron chi connectivity index (χ2n) is 7.70. The highest BCUT2D eigenvalue weighted by Crippen LogP contribution is 2.33. The number of benzene rings is 3. The first-order valence-corrected chi connectivity index (χ1v) is 11.4. The normalized spacial score (nSPS) is 11.2. The molecule has 0 aliphatic rings. The molecule has 0 radical (unpaired) electrons. The molecule has 0 bridgehead atoms. The molecule has 5 heteroatoms. The lowest BCUT2D eigenvalue weighted by atomic mass is 9.87. The van der Waals surface area contributed by atoms with Crippen LogP contribution in [-0.2, 0) is 22.6 Å². The van der Waals surface area contributed by atoms with Gasteiger partial charge in [-0.3, -0.25) is 0 Å². The van der Waals surface area contributed by atoms with Gasteiger partial charge in [0.15, 0.2) is 0 Å². The molecule has 0 aromatic heterocycles. The van der Waals surface area contributed by atoms with Crippen LogP contribution in [0.1, 0.15) is 30.9 Å². The number of rotatable bonds is 11. The third kappa shape index (κ3) is 6.98. The van der Waals surface area contributed by atoms with E-state index in [-0.39, 0.29) is 0 Å².